The summed E-state index contributed by atoms with van der Waals surface area (Å²) in [4.78, 5) is 31.2. The van der Waals surface area contributed by atoms with Crippen molar-refractivity contribution >= 4 is 5.91 Å². The van der Waals surface area contributed by atoms with E-state index in [1.807, 2.05) is 25.1 Å². The van der Waals surface area contributed by atoms with Gasteiger partial charge < -0.3 is 29.4 Å². The average Bonchev–Trinajstić information content (AvgIpc) is 3.35. The first-order valence-corrected chi connectivity index (χ1v) is 12.1. The number of amides is 1. The van der Waals surface area contributed by atoms with E-state index in [4.69, 9.17) is 24.5 Å². The number of aromatic nitrogens is 4. The molecule has 1 amide bonds. The molecule has 1 aliphatic heterocycles. The summed E-state index contributed by atoms with van der Waals surface area (Å²) < 4.78 is 31.1. The lowest BCUT2D eigenvalue weighted by Gasteiger charge is -2.35. The number of nitrogens with zero attached hydrogens (tertiary/aromatic N) is 5. The summed E-state index contributed by atoms with van der Waals surface area (Å²) in [7, 11) is 3.89. The molecular weight excluding hydrogens is 493 g/mol. The Labute approximate surface area is 220 Å². The van der Waals surface area contributed by atoms with Gasteiger partial charge in [0.25, 0.3) is 0 Å². The van der Waals surface area contributed by atoms with E-state index in [0.717, 1.165) is 0 Å². The number of hydrogen-bond donors (Lipinski definition) is 2. The largest absolute Gasteiger partial charge is 0.462 e. The highest BCUT2D eigenvalue weighted by atomic mass is 19.1. The van der Waals surface area contributed by atoms with Crippen molar-refractivity contribution in [1.29, 1.82) is 5.26 Å². The number of carbonyl (C=O) groups excluding carboxylic acids is 1. The molecule has 0 radical (unpaired) electrons. The van der Waals surface area contributed by atoms with Gasteiger partial charge in [-0.1, -0.05) is 0 Å². The van der Waals surface area contributed by atoms with Crippen LogP contribution in [-0.4, -0.2) is 77.7 Å². The van der Waals surface area contributed by atoms with Gasteiger partial charge in [-0.2, -0.15) is 10.2 Å². The molecule has 3 heterocycles. The van der Waals surface area contributed by atoms with E-state index in [2.05, 4.69) is 20.3 Å². The van der Waals surface area contributed by atoms with Gasteiger partial charge in [0.15, 0.2) is 5.82 Å². The minimum absolute atomic E-state index is 0.0926. The number of rotatable bonds is 10. The maximum Gasteiger partial charge on any atom is 0.316 e. The summed E-state index contributed by atoms with van der Waals surface area (Å²) >= 11 is 0. The summed E-state index contributed by atoms with van der Waals surface area (Å²) in [5.41, 5.74) is 1.35. The fourth-order valence-electron chi connectivity index (χ4n) is 3.72. The van der Waals surface area contributed by atoms with Crippen molar-refractivity contribution in [2.75, 3.05) is 47.0 Å². The Morgan fingerprint density at radius 3 is 2.68 bits per heavy atom. The molecule has 0 aliphatic carbocycles. The van der Waals surface area contributed by atoms with E-state index in [0.29, 0.717) is 41.6 Å². The molecule has 0 atom stereocenters. The maximum atomic E-state index is 13.6. The van der Waals surface area contributed by atoms with Crippen molar-refractivity contribution in [1.82, 2.24) is 30.2 Å². The molecular formula is C26H30FN7O4. The van der Waals surface area contributed by atoms with Crippen LogP contribution in [0.25, 0.3) is 22.6 Å². The third-order valence-electron chi connectivity index (χ3n) is 5.90. The van der Waals surface area contributed by atoms with Gasteiger partial charge in [-0.05, 0) is 51.4 Å². The second-order valence-corrected chi connectivity index (χ2v) is 9.41. The SMILES string of the molecule is CN(C)CCOc1nccc(-c2[nH]c(C3OCC(C)(C(=O)NCCC#N)CO3)nc2-c2ccc(F)cc2)n1. The summed E-state index contributed by atoms with van der Waals surface area (Å²) in [6.07, 6.45) is 0.950. The number of likely N-dealkylation sites (N-methyl/N-ethyl adjacent to an activating group) is 1. The van der Waals surface area contributed by atoms with Gasteiger partial charge in [0.05, 0.1) is 48.2 Å². The minimum atomic E-state index is -0.910. The number of benzene rings is 1. The molecule has 0 spiro atoms. The molecule has 0 unspecified atom stereocenters. The van der Waals surface area contributed by atoms with Gasteiger partial charge in [-0.3, -0.25) is 4.79 Å². The number of hydrogen-bond acceptors (Lipinski definition) is 9. The molecule has 11 nitrogen and oxygen atoms in total. The van der Waals surface area contributed by atoms with Crippen molar-refractivity contribution in [3.05, 3.63) is 48.2 Å². The number of nitrogens with one attached hydrogen (secondary N) is 2. The average molecular weight is 524 g/mol. The topological polar surface area (TPSA) is 138 Å². The van der Waals surface area contributed by atoms with Crippen LogP contribution in [0.2, 0.25) is 0 Å². The molecule has 200 valence electrons. The Bertz CT molecular complexity index is 1280. The van der Waals surface area contributed by atoms with Crippen LogP contribution < -0.4 is 10.1 Å². The number of halogens is 1. The van der Waals surface area contributed by atoms with Gasteiger partial charge in [0.1, 0.15) is 12.4 Å². The lowest BCUT2D eigenvalue weighted by atomic mass is 9.91. The van der Waals surface area contributed by atoms with E-state index in [9.17, 15) is 9.18 Å². The van der Waals surface area contributed by atoms with Crippen LogP contribution in [0.4, 0.5) is 4.39 Å². The Kier molecular flexibility index (Phi) is 8.62. The zero-order chi connectivity index (χ0) is 27.1. The number of imidazole rings is 1. The highest BCUT2D eigenvalue weighted by Gasteiger charge is 2.40. The van der Waals surface area contributed by atoms with E-state index < -0.39 is 11.7 Å². The molecule has 1 aromatic carbocycles. The second-order valence-electron chi connectivity index (χ2n) is 9.41. The number of H-pyrrole nitrogens is 1. The van der Waals surface area contributed by atoms with Gasteiger partial charge in [0, 0.05) is 24.8 Å². The first kappa shape index (κ1) is 27.1. The van der Waals surface area contributed by atoms with Crippen LogP contribution in [0.3, 0.4) is 0 Å². The maximum absolute atomic E-state index is 13.6. The molecule has 2 aromatic heterocycles. The Balaban J connectivity index is 1.58. The smallest absolute Gasteiger partial charge is 0.316 e. The van der Waals surface area contributed by atoms with Gasteiger partial charge in [0.2, 0.25) is 12.2 Å². The second kappa shape index (κ2) is 12.1. The van der Waals surface area contributed by atoms with Crippen LogP contribution in [0, 0.1) is 22.6 Å². The van der Waals surface area contributed by atoms with Crippen molar-refractivity contribution in [2.45, 2.75) is 19.6 Å². The van der Waals surface area contributed by atoms with E-state index >= 15 is 0 Å². The van der Waals surface area contributed by atoms with E-state index in [1.165, 1.54) is 12.1 Å². The Morgan fingerprint density at radius 1 is 1.26 bits per heavy atom. The van der Waals surface area contributed by atoms with Gasteiger partial charge in [-0.25, -0.2) is 14.4 Å². The van der Waals surface area contributed by atoms with Crippen molar-refractivity contribution in [3.63, 3.8) is 0 Å². The molecule has 1 saturated heterocycles. The van der Waals surface area contributed by atoms with Crippen LogP contribution >= 0.6 is 0 Å². The number of ether oxygens (including phenoxy) is 3. The van der Waals surface area contributed by atoms with E-state index in [-0.39, 0.29) is 43.9 Å². The Hall–Kier alpha value is -3.92. The fourth-order valence-corrected chi connectivity index (χ4v) is 3.72. The van der Waals surface area contributed by atoms with Crippen molar-refractivity contribution < 1.29 is 23.4 Å². The summed E-state index contributed by atoms with van der Waals surface area (Å²) in [6, 6.07) is 9.88. The first-order valence-electron chi connectivity index (χ1n) is 12.1. The number of carbonyl (C=O) groups is 1. The van der Waals surface area contributed by atoms with Crippen LogP contribution in [-0.2, 0) is 14.3 Å². The standard InChI is InChI=1S/C26H30FN7O4/c1-26(24(35)29-11-4-10-28)15-37-23(38-16-26)22-32-20(17-5-7-18(27)8-6-17)21(33-22)19-9-12-30-25(31-19)36-14-13-34(2)3/h5-9,12,23H,4,11,13-16H2,1-3H3,(H,29,35)(H,32,33). The minimum Gasteiger partial charge on any atom is -0.462 e. The van der Waals surface area contributed by atoms with E-state index in [1.54, 1.807) is 31.3 Å². The summed E-state index contributed by atoms with van der Waals surface area (Å²) in [6.45, 7) is 3.30. The van der Waals surface area contributed by atoms with Gasteiger partial charge in [-0.15, -0.1) is 0 Å². The van der Waals surface area contributed by atoms with Crippen molar-refractivity contribution in [2.24, 2.45) is 5.41 Å². The molecule has 38 heavy (non-hydrogen) atoms. The number of nitriles is 1. The molecule has 4 rings (SSSR count). The highest BCUT2D eigenvalue weighted by molar-refractivity contribution is 5.82. The van der Waals surface area contributed by atoms with Crippen LogP contribution in [0.5, 0.6) is 6.01 Å². The predicted molar refractivity (Wildman–Crippen MR) is 135 cm³/mol. The Morgan fingerprint density at radius 2 is 2.00 bits per heavy atom. The summed E-state index contributed by atoms with van der Waals surface area (Å²) in [5.74, 6) is -0.239. The van der Waals surface area contributed by atoms with Crippen LogP contribution in [0.15, 0.2) is 36.5 Å². The van der Waals surface area contributed by atoms with Crippen molar-refractivity contribution in [3.8, 4) is 34.7 Å². The normalized spacial score (nSPS) is 19.2. The summed E-state index contributed by atoms with van der Waals surface area (Å²) in [5, 5.41) is 11.4. The lowest BCUT2D eigenvalue weighted by Crippen LogP contribution is -2.48. The molecule has 12 heteroatoms. The predicted octanol–water partition coefficient (Wildman–Crippen LogP) is 2.69. The third kappa shape index (κ3) is 6.49. The van der Waals surface area contributed by atoms with Crippen LogP contribution in [0.1, 0.15) is 25.5 Å². The fraction of sp³-hybridized carbons (Fsp3) is 0.423. The zero-order valence-electron chi connectivity index (χ0n) is 21.5. The molecule has 0 saturated carbocycles. The highest BCUT2D eigenvalue weighted by Crippen LogP contribution is 2.35. The lowest BCUT2D eigenvalue weighted by molar-refractivity contribution is -0.231. The molecule has 3 aromatic rings. The zero-order valence-corrected chi connectivity index (χ0v) is 21.5. The third-order valence-corrected chi connectivity index (χ3v) is 5.90. The molecule has 0 bridgehead atoms. The monoisotopic (exact) mass is 523 g/mol. The molecule has 2 N–H and O–H groups in total. The molecule has 1 aliphatic rings. The number of aromatic amines is 1. The van der Waals surface area contributed by atoms with Gasteiger partial charge >= 0.3 is 6.01 Å². The molecule has 1 fully saturated rings. The first-order chi connectivity index (χ1) is 18.3. The quantitative estimate of drug-likeness (QED) is 0.384.